The lowest BCUT2D eigenvalue weighted by atomic mass is 10.1. The van der Waals surface area contributed by atoms with Gasteiger partial charge >= 0.3 is 0 Å². The molecule has 0 aliphatic heterocycles. The van der Waals surface area contributed by atoms with Crippen LogP contribution in [0.25, 0.3) is 5.70 Å². The van der Waals surface area contributed by atoms with Gasteiger partial charge in [-0.1, -0.05) is 35.3 Å². The van der Waals surface area contributed by atoms with Gasteiger partial charge < -0.3 is 0 Å². The molecule has 2 aromatic rings. The van der Waals surface area contributed by atoms with Gasteiger partial charge in [-0.15, -0.1) is 0 Å². The zero-order valence-corrected chi connectivity index (χ0v) is 12.2. The molecule has 0 aliphatic carbocycles. The van der Waals surface area contributed by atoms with Crippen LogP contribution in [0.5, 0.6) is 0 Å². The molecule has 2 rings (SSSR count). The normalized spacial score (nSPS) is 11.4. The molecule has 0 saturated carbocycles. The molecule has 5 heteroatoms. The second kappa shape index (κ2) is 6.07. The molecule has 0 saturated heterocycles. The molecule has 0 atom stereocenters. The average Bonchev–Trinajstić information content (AvgIpc) is 2.41. The van der Waals surface area contributed by atoms with E-state index < -0.39 is 0 Å². The zero-order chi connectivity index (χ0) is 14.7. The molecular weight excluding hydrogens is 297 g/mol. The predicted molar refractivity (Wildman–Crippen MR) is 81.4 cm³/mol. The van der Waals surface area contributed by atoms with Crippen LogP contribution in [0.4, 0.5) is 0 Å². The molecule has 1 heterocycles. The summed E-state index contributed by atoms with van der Waals surface area (Å²) < 4.78 is 1.28. The van der Waals surface area contributed by atoms with Crippen LogP contribution in [-0.2, 0) is 0 Å². The lowest BCUT2D eigenvalue weighted by molar-refractivity contribution is 0.105. The first kappa shape index (κ1) is 14.6. The fourth-order valence-corrected chi connectivity index (χ4v) is 2.31. The van der Waals surface area contributed by atoms with Crippen LogP contribution in [0, 0.1) is 0 Å². The number of rotatable bonds is 3. The van der Waals surface area contributed by atoms with E-state index in [2.05, 4.69) is 0 Å². The Hall–Kier alpha value is -1.84. The third-order valence-corrected chi connectivity index (χ3v) is 3.31. The van der Waals surface area contributed by atoms with E-state index in [1.807, 2.05) is 0 Å². The number of benzene rings is 1. The Labute approximate surface area is 126 Å². The minimum absolute atomic E-state index is 0.250. The molecule has 0 fully saturated rings. The van der Waals surface area contributed by atoms with E-state index >= 15 is 0 Å². The Morgan fingerprint density at radius 1 is 1.20 bits per heavy atom. The van der Waals surface area contributed by atoms with Gasteiger partial charge in [-0.05, 0) is 31.2 Å². The molecule has 1 aromatic carbocycles. The van der Waals surface area contributed by atoms with Crippen LogP contribution >= 0.6 is 23.2 Å². The summed E-state index contributed by atoms with van der Waals surface area (Å²) in [5.74, 6) is -0.331. The van der Waals surface area contributed by atoms with Crippen molar-refractivity contribution in [2.24, 2.45) is 0 Å². The molecule has 0 aliphatic rings. The first-order chi connectivity index (χ1) is 9.54. The van der Waals surface area contributed by atoms with Crippen molar-refractivity contribution in [3.05, 3.63) is 74.6 Å². The molecule has 0 radical (unpaired) electrons. The highest BCUT2D eigenvalue weighted by atomic mass is 35.5. The van der Waals surface area contributed by atoms with Crippen LogP contribution in [0.2, 0.25) is 10.0 Å². The number of pyridine rings is 1. The highest BCUT2D eigenvalue weighted by Crippen LogP contribution is 2.24. The SMILES string of the molecule is C/C=C(/C(=O)c1ccc(Cl)cc1Cl)n1ccccc1=O. The summed E-state index contributed by atoms with van der Waals surface area (Å²) in [4.78, 5) is 24.3. The van der Waals surface area contributed by atoms with Crippen molar-refractivity contribution in [1.82, 2.24) is 4.57 Å². The standard InChI is InChI=1S/C15H11Cl2NO2/c1-2-13(18-8-4-3-5-14(18)19)15(20)11-7-6-10(16)9-12(11)17/h2-9H,1H3/b13-2-. The maximum absolute atomic E-state index is 12.5. The Bertz CT molecular complexity index is 748. The van der Waals surface area contributed by atoms with Gasteiger partial charge in [-0.3, -0.25) is 14.2 Å². The van der Waals surface area contributed by atoms with Gasteiger partial charge in [-0.25, -0.2) is 0 Å². The van der Waals surface area contributed by atoms with Gasteiger partial charge in [0.25, 0.3) is 5.56 Å². The van der Waals surface area contributed by atoms with Crippen LogP contribution < -0.4 is 5.56 Å². The molecule has 1 aromatic heterocycles. The van der Waals surface area contributed by atoms with E-state index in [1.54, 1.807) is 43.5 Å². The van der Waals surface area contributed by atoms with Crippen molar-refractivity contribution < 1.29 is 4.79 Å². The first-order valence-corrected chi connectivity index (χ1v) is 6.64. The molecule has 102 valence electrons. The van der Waals surface area contributed by atoms with Gasteiger partial charge in [-0.2, -0.15) is 0 Å². The molecule has 20 heavy (non-hydrogen) atoms. The van der Waals surface area contributed by atoms with Crippen molar-refractivity contribution >= 4 is 34.7 Å². The van der Waals surface area contributed by atoms with E-state index in [0.717, 1.165) is 0 Å². The van der Waals surface area contributed by atoms with Gasteiger partial charge in [0, 0.05) is 22.8 Å². The Morgan fingerprint density at radius 2 is 1.95 bits per heavy atom. The average molecular weight is 308 g/mol. The number of carbonyl (C=O) groups excluding carboxylic acids is 1. The highest BCUT2D eigenvalue weighted by Gasteiger charge is 2.17. The summed E-state index contributed by atoms with van der Waals surface area (Å²) in [6.07, 6.45) is 3.12. The zero-order valence-electron chi connectivity index (χ0n) is 10.6. The molecule has 0 unspecified atom stereocenters. The number of nitrogens with zero attached hydrogens (tertiary/aromatic N) is 1. The molecule has 0 N–H and O–H groups in total. The van der Waals surface area contributed by atoms with Crippen molar-refractivity contribution in [3.63, 3.8) is 0 Å². The van der Waals surface area contributed by atoms with E-state index in [1.165, 1.54) is 16.7 Å². The topological polar surface area (TPSA) is 39.1 Å². The molecule has 3 nitrogen and oxygen atoms in total. The quantitative estimate of drug-likeness (QED) is 0.637. The predicted octanol–water partition coefficient (Wildman–Crippen LogP) is 3.90. The summed E-state index contributed by atoms with van der Waals surface area (Å²) in [5, 5.41) is 0.705. The van der Waals surface area contributed by atoms with Gasteiger partial charge in [0.2, 0.25) is 5.78 Å². The lowest BCUT2D eigenvalue weighted by Crippen LogP contribution is -2.21. The van der Waals surface area contributed by atoms with E-state index in [9.17, 15) is 9.59 Å². The van der Waals surface area contributed by atoms with Crippen LogP contribution in [0.1, 0.15) is 17.3 Å². The number of aromatic nitrogens is 1. The summed E-state index contributed by atoms with van der Waals surface area (Å²) >= 11 is 11.8. The molecular formula is C15H11Cl2NO2. The van der Waals surface area contributed by atoms with Crippen molar-refractivity contribution in [2.75, 3.05) is 0 Å². The maximum atomic E-state index is 12.5. The van der Waals surface area contributed by atoms with E-state index in [4.69, 9.17) is 23.2 Å². The second-order valence-electron chi connectivity index (χ2n) is 4.04. The Balaban J connectivity index is 2.51. The molecule has 0 amide bonds. The smallest absolute Gasteiger partial charge is 0.255 e. The lowest BCUT2D eigenvalue weighted by Gasteiger charge is -2.10. The van der Waals surface area contributed by atoms with Crippen LogP contribution in [-0.4, -0.2) is 10.4 Å². The fourth-order valence-electron chi connectivity index (χ4n) is 1.82. The number of hydrogen-bond acceptors (Lipinski definition) is 2. The van der Waals surface area contributed by atoms with Gasteiger partial charge in [0.05, 0.1) is 10.7 Å². The largest absolute Gasteiger partial charge is 0.287 e. The van der Waals surface area contributed by atoms with E-state index in [0.29, 0.717) is 10.6 Å². The number of allylic oxidation sites excluding steroid dienone is 2. The number of halogens is 2. The van der Waals surface area contributed by atoms with Gasteiger partial charge in [0.15, 0.2) is 0 Å². The number of ketones is 1. The van der Waals surface area contributed by atoms with Crippen LogP contribution in [0.15, 0.2) is 53.5 Å². The summed E-state index contributed by atoms with van der Waals surface area (Å²) in [5.41, 5.74) is 0.277. The summed E-state index contributed by atoms with van der Waals surface area (Å²) in [7, 11) is 0. The monoisotopic (exact) mass is 307 g/mol. The molecule has 0 spiro atoms. The number of hydrogen-bond donors (Lipinski definition) is 0. The number of Topliss-reactive ketones (excluding diaryl/α,β-unsaturated/α-hetero) is 1. The minimum Gasteiger partial charge on any atom is -0.287 e. The maximum Gasteiger partial charge on any atom is 0.255 e. The summed E-state index contributed by atoms with van der Waals surface area (Å²) in [6, 6.07) is 9.32. The molecule has 0 bridgehead atoms. The van der Waals surface area contributed by atoms with Gasteiger partial charge in [0.1, 0.15) is 0 Å². The van der Waals surface area contributed by atoms with Crippen LogP contribution in [0.3, 0.4) is 0 Å². The Morgan fingerprint density at radius 3 is 2.55 bits per heavy atom. The van der Waals surface area contributed by atoms with Crippen molar-refractivity contribution in [2.45, 2.75) is 6.92 Å². The van der Waals surface area contributed by atoms with Crippen molar-refractivity contribution in [3.8, 4) is 0 Å². The highest BCUT2D eigenvalue weighted by molar-refractivity contribution is 6.39. The van der Waals surface area contributed by atoms with E-state index in [-0.39, 0.29) is 22.1 Å². The first-order valence-electron chi connectivity index (χ1n) is 5.88. The third kappa shape index (κ3) is 2.84. The van der Waals surface area contributed by atoms with Crippen molar-refractivity contribution in [1.29, 1.82) is 0 Å². The Kier molecular flexibility index (Phi) is 4.42. The summed E-state index contributed by atoms with van der Waals surface area (Å²) in [6.45, 7) is 1.69. The number of carbonyl (C=O) groups is 1. The minimum atomic E-state index is -0.331. The second-order valence-corrected chi connectivity index (χ2v) is 4.88. The fraction of sp³-hybridized carbons (Fsp3) is 0.0667. The third-order valence-electron chi connectivity index (χ3n) is 2.76.